The van der Waals surface area contributed by atoms with E-state index in [9.17, 15) is 14.0 Å². The molecule has 2 N–H and O–H groups in total. The molecule has 0 spiro atoms. The predicted molar refractivity (Wildman–Crippen MR) is 102 cm³/mol. The molecule has 2 amide bonds. The summed E-state index contributed by atoms with van der Waals surface area (Å²) in [5.41, 5.74) is 1.35. The molecule has 2 aromatic rings. The zero-order valence-electron chi connectivity index (χ0n) is 15.4. The van der Waals surface area contributed by atoms with Crippen LogP contribution in [0, 0.1) is 11.7 Å². The molecule has 26 heavy (non-hydrogen) atoms. The lowest BCUT2D eigenvalue weighted by Gasteiger charge is -2.15. The summed E-state index contributed by atoms with van der Waals surface area (Å²) in [5, 5.41) is 5.70. The summed E-state index contributed by atoms with van der Waals surface area (Å²) in [5.74, 6) is -0.321. The summed E-state index contributed by atoms with van der Waals surface area (Å²) >= 11 is 0. The molecule has 4 nitrogen and oxygen atoms in total. The number of rotatable bonds is 7. The number of hydrogen-bond acceptors (Lipinski definition) is 2. The zero-order chi connectivity index (χ0) is 19.1. The fraction of sp³-hybridized carbons (Fsp3) is 0.333. The van der Waals surface area contributed by atoms with Gasteiger partial charge in [0.25, 0.3) is 11.8 Å². The first-order valence-corrected chi connectivity index (χ1v) is 8.83. The lowest BCUT2D eigenvalue weighted by atomic mass is 10.0. The Morgan fingerprint density at radius 3 is 2.27 bits per heavy atom. The number of halogens is 1. The molecule has 0 aliphatic rings. The number of carbonyl (C=O) groups excluding carboxylic acids is 2. The normalized spacial score (nSPS) is 11.9. The summed E-state index contributed by atoms with van der Waals surface area (Å²) in [4.78, 5) is 24.6. The Morgan fingerprint density at radius 2 is 1.62 bits per heavy atom. The standard InChI is InChI=1S/C21H25FN2O2/c1-14(2)7-8-15(3)23-21(26)17-5-4-6-19(13-17)24-20(25)16-9-11-18(22)12-10-16/h4-6,9-15H,7-8H2,1-3H3,(H,23,26)(H,24,25). The van der Waals surface area contributed by atoms with Gasteiger partial charge in [0.2, 0.25) is 0 Å². The Morgan fingerprint density at radius 1 is 0.923 bits per heavy atom. The van der Waals surface area contributed by atoms with Crippen LogP contribution in [0.15, 0.2) is 48.5 Å². The van der Waals surface area contributed by atoms with Crippen molar-refractivity contribution in [3.05, 3.63) is 65.5 Å². The molecule has 0 bridgehead atoms. The van der Waals surface area contributed by atoms with Crippen LogP contribution in [0.25, 0.3) is 0 Å². The highest BCUT2D eigenvalue weighted by Crippen LogP contribution is 2.14. The molecule has 0 fully saturated rings. The summed E-state index contributed by atoms with van der Waals surface area (Å²) in [6, 6.07) is 12.1. The van der Waals surface area contributed by atoms with Crippen molar-refractivity contribution in [2.45, 2.75) is 39.7 Å². The first kappa shape index (κ1) is 19.6. The summed E-state index contributed by atoms with van der Waals surface area (Å²) < 4.78 is 12.9. The number of hydrogen-bond donors (Lipinski definition) is 2. The minimum atomic E-state index is -0.396. The smallest absolute Gasteiger partial charge is 0.255 e. The molecule has 2 rings (SSSR count). The number of carbonyl (C=O) groups is 2. The molecule has 0 aliphatic heterocycles. The topological polar surface area (TPSA) is 58.2 Å². The van der Waals surface area contributed by atoms with E-state index in [1.54, 1.807) is 24.3 Å². The van der Waals surface area contributed by atoms with Crippen LogP contribution in [0.3, 0.4) is 0 Å². The molecule has 0 saturated heterocycles. The van der Waals surface area contributed by atoms with Gasteiger partial charge in [-0.2, -0.15) is 0 Å². The first-order valence-electron chi connectivity index (χ1n) is 8.83. The van der Waals surface area contributed by atoms with Crippen molar-refractivity contribution in [3.8, 4) is 0 Å². The number of nitrogens with one attached hydrogen (secondary N) is 2. The lowest BCUT2D eigenvalue weighted by molar-refractivity contribution is 0.0936. The van der Waals surface area contributed by atoms with Gasteiger partial charge >= 0.3 is 0 Å². The van der Waals surface area contributed by atoms with Gasteiger partial charge in [-0.25, -0.2) is 4.39 Å². The van der Waals surface area contributed by atoms with Gasteiger partial charge in [-0.3, -0.25) is 9.59 Å². The third-order valence-corrected chi connectivity index (χ3v) is 4.04. The van der Waals surface area contributed by atoms with Gasteiger partial charge in [0.1, 0.15) is 5.82 Å². The minimum absolute atomic E-state index is 0.0855. The van der Waals surface area contributed by atoms with Crippen molar-refractivity contribution >= 4 is 17.5 Å². The van der Waals surface area contributed by atoms with Crippen molar-refractivity contribution < 1.29 is 14.0 Å². The quantitative estimate of drug-likeness (QED) is 0.760. The average molecular weight is 356 g/mol. The van der Waals surface area contributed by atoms with Crippen LogP contribution in [0.2, 0.25) is 0 Å². The molecule has 0 heterocycles. The average Bonchev–Trinajstić information content (AvgIpc) is 2.60. The van der Waals surface area contributed by atoms with Gasteiger partial charge in [0, 0.05) is 22.9 Å². The first-order chi connectivity index (χ1) is 12.3. The maximum absolute atomic E-state index is 12.9. The Bertz CT molecular complexity index is 757. The van der Waals surface area contributed by atoms with Crippen LogP contribution in [0.5, 0.6) is 0 Å². The summed E-state index contributed by atoms with van der Waals surface area (Å²) in [7, 11) is 0. The maximum atomic E-state index is 12.9. The third-order valence-electron chi connectivity index (χ3n) is 4.04. The third kappa shape index (κ3) is 5.99. The summed E-state index contributed by atoms with van der Waals surface area (Å²) in [6.07, 6.45) is 1.97. The highest BCUT2D eigenvalue weighted by atomic mass is 19.1. The van der Waals surface area contributed by atoms with Gasteiger partial charge in [-0.15, -0.1) is 0 Å². The van der Waals surface area contributed by atoms with E-state index < -0.39 is 5.82 Å². The van der Waals surface area contributed by atoms with E-state index in [4.69, 9.17) is 0 Å². The molecular formula is C21H25FN2O2. The second-order valence-corrected chi connectivity index (χ2v) is 6.89. The molecule has 0 aromatic heterocycles. The molecule has 1 unspecified atom stereocenters. The van der Waals surface area contributed by atoms with E-state index in [-0.39, 0.29) is 17.9 Å². The SMILES string of the molecule is CC(C)CCC(C)NC(=O)c1cccc(NC(=O)c2ccc(F)cc2)c1. The fourth-order valence-electron chi connectivity index (χ4n) is 2.51. The van der Waals surface area contributed by atoms with Gasteiger partial charge in [0.15, 0.2) is 0 Å². The second kappa shape index (κ2) is 9.13. The van der Waals surface area contributed by atoms with E-state index >= 15 is 0 Å². The number of benzene rings is 2. The number of amides is 2. The maximum Gasteiger partial charge on any atom is 0.255 e. The molecule has 5 heteroatoms. The fourth-order valence-corrected chi connectivity index (χ4v) is 2.51. The monoisotopic (exact) mass is 356 g/mol. The Balaban J connectivity index is 1.99. The van der Waals surface area contributed by atoms with E-state index in [1.807, 2.05) is 6.92 Å². The molecule has 0 saturated carbocycles. The van der Waals surface area contributed by atoms with Gasteiger partial charge < -0.3 is 10.6 Å². The van der Waals surface area contributed by atoms with Crippen LogP contribution in [-0.4, -0.2) is 17.9 Å². The van der Waals surface area contributed by atoms with Crippen LogP contribution in [-0.2, 0) is 0 Å². The predicted octanol–water partition coefficient (Wildman–Crippen LogP) is 4.63. The summed E-state index contributed by atoms with van der Waals surface area (Å²) in [6.45, 7) is 6.30. The van der Waals surface area contributed by atoms with Gasteiger partial charge in [-0.05, 0) is 68.1 Å². The molecule has 138 valence electrons. The molecule has 1 atom stereocenters. The highest BCUT2D eigenvalue weighted by molar-refractivity contribution is 6.05. The van der Waals surface area contributed by atoms with Crippen molar-refractivity contribution in [1.82, 2.24) is 5.32 Å². The van der Waals surface area contributed by atoms with E-state index in [0.29, 0.717) is 22.7 Å². The molecular weight excluding hydrogens is 331 g/mol. The highest BCUT2D eigenvalue weighted by Gasteiger charge is 2.12. The minimum Gasteiger partial charge on any atom is -0.350 e. The van der Waals surface area contributed by atoms with Crippen LogP contribution >= 0.6 is 0 Å². The van der Waals surface area contributed by atoms with E-state index in [1.165, 1.54) is 24.3 Å². The van der Waals surface area contributed by atoms with Crippen molar-refractivity contribution in [2.24, 2.45) is 5.92 Å². The Labute approximate surface area is 153 Å². The lowest BCUT2D eigenvalue weighted by Crippen LogP contribution is -2.32. The van der Waals surface area contributed by atoms with Crippen LogP contribution in [0.1, 0.15) is 54.3 Å². The number of anilines is 1. The van der Waals surface area contributed by atoms with Gasteiger partial charge in [-0.1, -0.05) is 19.9 Å². The molecule has 0 aliphatic carbocycles. The van der Waals surface area contributed by atoms with Crippen molar-refractivity contribution in [2.75, 3.05) is 5.32 Å². The zero-order valence-corrected chi connectivity index (χ0v) is 15.4. The van der Waals surface area contributed by atoms with Gasteiger partial charge in [0.05, 0.1) is 0 Å². The Kier molecular flexibility index (Phi) is 6.89. The van der Waals surface area contributed by atoms with Crippen LogP contribution in [0.4, 0.5) is 10.1 Å². The van der Waals surface area contributed by atoms with E-state index in [0.717, 1.165) is 12.8 Å². The van der Waals surface area contributed by atoms with Crippen molar-refractivity contribution in [1.29, 1.82) is 0 Å². The van der Waals surface area contributed by atoms with Crippen molar-refractivity contribution in [3.63, 3.8) is 0 Å². The second-order valence-electron chi connectivity index (χ2n) is 6.89. The Hall–Kier alpha value is -2.69. The molecule has 0 radical (unpaired) electrons. The largest absolute Gasteiger partial charge is 0.350 e. The van der Waals surface area contributed by atoms with E-state index in [2.05, 4.69) is 24.5 Å². The van der Waals surface area contributed by atoms with Crippen LogP contribution < -0.4 is 10.6 Å². The molecule has 2 aromatic carbocycles.